The molecule has 0 fully saturated rings. The van der Waals surface area contributed by atoms with Crippen molar-refractivity contribution in [1.29, 1.82) is 0 Å². The van der Waals surface area contributed by atoms with Gasteiger partial charge in [-0.05, 0) is 18.3 Å². The maximum absolute atomic E-state index is 6.06. The van der Waals surface area contributed by atoms with Crippen molar-refractivity contribution >= 4 is 23.4 Å². The van der Waals surface area contributed by atoms with Crippen molar-refractivity contribution in [1.82, 2.24) is 9.97 Å². The Morgan fingerprint density at radius 1 is 1.22 bits per heavy atom. The van der Waals surface area contributed by atoms with Crippen LogP contribution in [-0.4, -0.2) is 23.1 Å². The molecule has 0 saturated carbocycles. The minimum atomic E-state index is 0.301. The molecule has 0 bridgehead atoms. The lowest BCUT2D eigenvalue weighted by atomic mass is 9.92. The molecule has 1 rings (SSSR count). The third-order valence-corrected chi connectivity index (χ3v) is 2.72. The highest BCUT2D eigenvalue weighted by Crippen LogP contribution is 2.22. The van der Waals surface area contributed by atoms with Crippen molar-refractivity contribution in [2.45, 2.75) is 40.5 Å². The Bertz CT molecular complexity index is 374. The molecule has 0 saturated heterocycles. The largest absolute Gasteiger partial charge is 0.369 e. The maximum Gasteiger partial charge on any atom is 0.224 e. The van der Waals surface area contributed by atoms with Crippen molar-refractivity contribution in [3.63, 3.8) is 0 Å². The van der Waals surface area contributed by atoms with Crippen LogP contribution in [0.4, 0.5) is 11.8 Å². The van der Waals surface area contributed by atoms with Crippen molar-refractivity contribution in [2.24, 2.45) is 5.41 Å². The number of anilines is 2. The Hall–Kier alpha value is -1.03. The molecule has 18 heavy (non-hydrogen) atoms. The Morgan fingerprint density at radius 2 is 1.94 bits per heavy atom. The highest BCUT2D eigenvalue weighted by Gasteiger charge is 2.10. The number of hydrogen-bond acceptors (Lipinski definition) is 4. The van der Waals surface area contributed by atoms with E-state index in [0.717, 1.165) is 25.9 Å². The summed E-state index contributed by atoms with van der Waals surface area (Å²) in [7, 11) is 0. The summed E-state index contributed by atoms with van der Waals surface area (Å²) in [5.41, 5.74) is 0.301. The molecule has 0 radical (unpaired) electrons. The second-order valence-corrected chi connectivity index (χ2v) is 5.96. The van der Waals surface area contributed by atoms with E-state index in [0.29, 0.717) is 22.2 Å². The summed E-state index contributed by atoms with van der Waals surface area (Å²) in [4.78, 5) is 8.50. The standard InChI is InChI=1S/C13H23ClN4/c1-5-7-16-12-17-9-10(14)11(18-12)15-8-6-13(2,3)4/h9H,5-8H2,1-4H3,(H2,15,16,17,18). The molecular weight excluding hydrogens is 248 g/mol. The normalized spacial score (nSPS) is 11.4. The van der Waals surface area contributed by atoms with Crippen LogP contribution in [-0.2, 0) is 0 Å². The molecule has 0 amide bonds. The second kappa shape index (κ2) is 6.78. The number of hydrogen-bond donors (Lipinski definition) is 2. The fourth-order valence-corrected chi connectivity index (χ4v) is 1.53. The number of aromatic nitrogens is 2. The third kappa shape index (κ3) is 5.54. The Balaban J connectivity index is 2.58. The van der Waals surface area contributed by atoms with Gasteiger partial charge in [0.1, 0.15) is 10.8 Å². The van der Waals surface area contributed by atoms with E-state index in [2.05, 4.69) is 48.3 Å². The predicted molar refractivity (Wildman–Crippen MR) is 78.4 cm³/mol. The van der Waals surface area contributed by atoms with Gasteiger partial charge in [-0.1, -0.05) is 39.3 Å². The molecular formula is C13H23ClN4. The molecule has 1 heterocycles. The minimum Gasteiger partial charge on any atom is -0.369 e. The Kier molecular flexibility index (Phi) is 5.66. The summed E-state index contributed by atoms with van der Waals surface area (Å²) in [6.07, 6.45) is 3.73. The maximum atomic E-state index is 6.06. The third-order valence-electron chi connectivity index (χ3n) is 2.44. The number of halogens is 1. The zero-order valence-electron chi connectivity index (χ0n) is 11.7. The van der Waals surface area contributed by atoms with Gasteiger partial charge < -0.3 is 10.6 Å². The number of nitrogens with one attached hydrogen (secondary N) is 2. The van der Waals surface area contributed by atoms with Crippen LogP contribution in [0.1, 0.15) is 40.5 Å². The molecule has 0 aliphatic carbocycles. The van der Waals surface area contributed by atoms with Crippen LogP contribution in [0.3, 0.4) is 0 Å². The summed E-state index contributed by atoms with van der Waals surface area (Å²) in [6.45, 7) is 10.5. The van der Waals surface area contributed by atoms with Gasteiger partial charge in [0.25, 0.3) is 0 Å². The van der Waals surface area contributed by atoms with E-state index in [9.17, 15) is 0 Å². The van der Waals surface area contributed by atoms with E-state index in [1.165, 1.54) is 0 Å². The van der Waals surface area contributed by atoms with E-state index in [1.54, 1.807) is 6.20 Å². The SMILES string of the molecule is CCCNc1ncc(Cl)c(NCCC(C)(C)C)n1. The molecule has 1 aromatic heterocycles. The first-order valence-corrected chi connectivity index (χ1v) is 6.80. The number of nitrogens with zero attached hydrogens (tertiary/aromatic N) is 2. The van der Waals surface area contributed by atoms with Crippen molar-refractivity contribution < 1.29 is 0 Å². The lowest BCUT2D eigenvalue weighted by molar-refractivity contribution is 0.389. The fraction of sp³-hybridized carbons (Fsp3) is 0.692. The van der Waals surface area contributed by atoms with Gasteiger partial charge in [0.05, 0.1) is 6.20 Å². The molecule has 0 spiro atoms. The summed E-state index contributed by atoms with van der Waals surface area (Å²) in [6, 6.07) is 0. The summed E-state index contributed by atoms with van der Waals surface area (Å²) in [5.74, 6) is 1.33. The summed E-state index contributed by atoms with van der Waals surface area (Å²) >= 11 is 6.06. The van der Waals surface area contributed by atoms with Gasteiger partial charge in [0.2, 0.25) is 5.95 Å². The van der Waals surface area contributed by atoms with Crippen molar-refractivity contribution in [3.8, 4) is 0 Å². The van der Waals surface area contributed by atoms with Gasteiger partial charge in [0.15, 0.2) is 0 Å². The van der Waals surface area contributed by atoms with Crippen molar-refractivity contribution in [3.05, 3.63) is 11.2 Å². The van der Waals surface area contributed by atoms with E-state index in [4.69, 9.17) is 11.6 Å². The quantitative estimate of drug-likeness (QED) is 0.826. The van der Waals surface area contributed by atoms with Crippen LogP contribution >= 0.6 is 11.6 Å². The van der Waals surface area contributed by atoms with E-state index >= 15 is 0 Å². The monoisotopic (exact) mass is 270 g/mol. The smallest absolute Gasteiger partial charge is 0.224 e. The van der Waals surface area contributed by atoms with E-state index in [1.807, 2.05) is 0 Å². The summed E-state index contributed by atoms with van der Waals surface area (Å²) < 4.78 is 0. The Morgan fingerprint density at radius 3 is 2.56 bits per heavy atom. The molecule has 1 aromatic rings. The highest BCUT2D eigenvalue weighted by molar-refractivity contribution is 6.32. The minimum absolute atomic E-state index is 0.301. The van der Waals surface area contributed by atoms with Gasteiger partial charge in [0, 0.05) is 13.1 Å². The van der Waals surface area contributed by atoms with Crippen LogP contribution in [0.5, 0.6) is 0 Å². The molecule has 0 unspecified atom stereocenters. The zero-order valence-corrected chi connectivity index (χ0v) is 12.4. The van der Waals surface area contributed by atoms with Crippen LogP contribution in [0, 0.1) is 5.41 Å². The lowest BCUT2D eigenvalue weighted by Gasteiger charge is -2.18. The van der Waals surface area contributed by atoms with E-state index in [-0.39, 0.29) is 0 Å². The first-order chi connectivity index (χ1) is 8.42. The fourth-order valence-electron chi connectivity index (χ4n) is 1.37. The highest BCUT2D eigenvalue weighted by atomic mass is 35.5. The van der Waals surface area contributed by atoms with Crippen LogP contribution in [0.2, 0.25) is 5.02 Å². The topological polar surface area (TPSA) is 49.8 Å². The van der Waals surface area contributed by atoms with Gasteiger partial charge in [-0.15, -0.1) is 0 Å². The van der Waals surface area contributed by atoms with Gasteiger partial charge in [-0.2, -0.15) is 4.98 Å². The molecule has 0 aromatic carbocycles. The first-order valence-electron chi connectivity index (χ1n) is 6.42. The number of rotatable bonds is 6. The molecule has 2 N–H and O–H groups in total. The zero-order chi connectivity index (χ0) is 13.6. The average Bonchev–Trinajstić information content (AvgIpc) is 2.28. The molecule has 0 aliphatic rings. The molecule has 4 nitrogen and oxygen atoms in total. The molecule has 102 valence electrons. The Labute approximate surface area is 115 Å². The van der Waals surface area contributed by atoms with Gasteiger partial charge >= 0.3 is 0 Å². The summed E-state index contributed by atoms with van der Waals surface area (Å²) in [5, 5.41) is 6.97. The second-order valence-electron chi connectivity index (χ2n) is 5.55. The molecule has 0 atom stereocenters. The van der Waals surface area contributed by atoms with Crippen molar-refractivity contribution in [2.75, 3.05) is 23.7 Å². The predicted octanol–water partition coefficient (Wildman–Crippen LogP) is 3.80. The lowest BCUT2D eigenvalue weighted by Crippen LogP contribution is -2.14. The van der Waals surface area contributed by atoms with Crippen LogP contribution < -0.4 is 10.6 Å². The van der Waals surface area contributed by atoms with Crippen LogP contribution in [0.15, 0.2) is 6.20 Å². The first kappa shape index (κ1) is 15.0. The van der Waals surface area contributed by atoms with Gasteiger partial charge in [-0.3, -0.25) is 0 Å². The van der Waals surface area contributed by atoms with E-state index < -0.39 is 0 Å². The van der Waals surface area contributed by atoms with Gasteiger partial charge in [-0.25, -0.2) is 4.98 Å². The average molecular weight is 271 g/mol. The molecule has 0 aliphatic heterocycles. The van der Waals surface area contributed by atoms with Crippen LogP contribution in [0.25, 0.3) is 0 Å². The molecule has 5 heteroatoms.